The van der Waals surface area contributed by atoms with Crippen molar-refractivity contribution in [2.75, 3.05) is 19.6 Å². The van der Waals surface area contributed by atoms with E-state index in [2.05, 4.69) is 41.2 Å². The first kappa shape index (κ1) is 13.5. The van der Waals surface area contributed by atoms with Gasteiger partial charge in [0.05, 0.1) is 0 Å². The minimum atomic E-state index is 0.422. The van der Waals surface area contributed by atoms with Crippen molar-refractivity contribution in [2.45, 2.75) is 45.2 Å². The molecular formula is C15H25N3. The van der Waals surface area contributed by atoms with Crippen molar-refractivity contribution in [2.24, 2.45) is 0 Å². The zero-order valence-electron chi connectivity index (χ0n) is 11.6. The summed E-state index contributed by atoms with van der Waals surface area (Å²) in [5, 5.41) is 3.77. The predicted molar refractivity (Wildman–Crippen MR) is 75.5 cm³/mol. The molecule has 2 heterocycles. The lowest BCUT2D eigenvalue weighted by Gasteiger charge is -2.22. The molecule has 3 heteroatoms. The van der Waals surface area contributed by atoms with Crippen molar-refractivity contribution in [3.63, 3.8) is 0 Å². The van der Waals surface area contributed by atoms with Gasteiger partial charge in [0.15, 0.2) is 0 Å². The molecule has 18 heavy (non-hydrogen) atoms. The fourth-order valence-corrected chi connectivity index (χ4v) is 2.74. The minimum Gasteiger partial charge on any atom is -0.307 e. The second-order valence-electron chi connectivity index (χ2n) is 5.23. The molecule has 0 aliphatic carbocycles. The van der Waals surface area contributed by atoms with Gasteiger partial charge in [0.25, 0.3) is 0 Å². The van der Waals surface area contributed by atoms with Crippen molar-refractivity contribution in [3.8, 4) is 0 Å². The largest absolute Gasteiger partial charge is 0.307 e. The predicted octanol–water partition coefficient (Wildman–Crippen LogP) is 2.61. The highest BCUT2D eigenvalue weighted by Crippen LogP contribution is 2.16. The number of hydrogen-bond acceptors (Lipinski definition) is 3. The van der Waals surface area contributed by atoms with E-state index in [-0.39, 0.29) is 0 Å². The summed E-state index contributed by atoms with van der Waals surface area (Å²) in [6.07, 6.45) is 7.63. The first-order chi connectivity index (χ1) is 8.79. The molecule has 0 bridgehead atoms. The lowest BCUT2D eigenvalue weighted by molar-refractivity contribution is 0.295. The summed E-state index contributed by atoms with van der Waals surface area (Å²) >= 11 is 0. The SMILES string of the molecule is CCN1CCCC(NC(C)c2ccncc2)CC1. The van der Waals surface area contributed by atoms with E-state index in [1.165, 1.54) is 44.5 Å². The van der Waals surface area contributed by atoms with Gasteiger partial charge in [-0.05, 0) is 63.5 Å². The van der Waals surface area contributed by atoms with Crippen LogP contribution in [0.25, 0.3) is 0 Å². The summed E-state index contributed by atoms with van der Waals surface area (Å²) in [5.74, 6) is 0. The van der Waals surface area contributed by atoms with E-state index in [4.69, 9.17) is 0 Å². The van der Waals surface area contributed by atoms with Gasteiger partial charge in [-0.1, -0.05) is 6.92 Å². The molecule has 0 spiro atoms. The van der Waals surface area contributed by atoms with Crippen molar-refractivity contribution < 1.29 is 0 Å². The van der Waals surface area contributed by atoms with Gasteiger partial charge >= 0.3 is 0 Å². The van der Waals surface area contributed by atoms with Crippen molar-refractivity contribution in [3.05, 3.63) is 30.1 Å². The van der Waals surface area contributed by atoms with Crippen LogP contribution in [0, 0.1) is 0 Å². The van der Waals surface area contributed by atoms with E-state index in [1.54, 1.807) is 0 Å². The average Bonchev–Trinajstić information content (AvgIpc) is 2.65. The quantitative estimate of drug-likeness (QED) is 0.886. The maximum Gasteiger partial charge on any atom is 0.0295 e. The Morgan fingerprint density at radius 2 is 2.11 bits per heavy atom. The molecule has 3 nitrogen and oxygen atoms in total. The summed E-state index contributed by atoms with van der Waals surface area (Å²) in [6, 6.07) is 5.29. The van der Waals surface area contributed by atoms with Crippen molar-refractivity contribution >= 4 is 0 Å². The zero-order chi connectivity index (χ0) is 12.8. The van der Waals surface area contributed by atoms with Gasteiger partial charge in [-0.2, -0.15) is 0 Å². The number of hydrogen-bond donors (Lipinski definition) is 1. The van der Waals surface area contributed by atoms with Gasteiger partial charge in [0.2, 0.25) is 0 Å². The highest BCUT2D eigenvalue weighted by atomic mass is 15.1. The lowest BCUT2D eigenvalue weighted by atomic mass is 10.1. The molecule has 1 aliphatic heterocycles. The van der Waals surface area contributed by atoms with Crippen LogP contribution in [-0.2, 0) is 0 Å². The van der Waals surface area contributed by atoms with Crippen LogP contribution >= 0.6 is 0 Å². The van der Waals surface area contributed by atoms with E-state index in [9.17, 15) is 0 Å². The third-order valence-corrected chi connectivity index (χ3v) is 3.96. The summed E-state index contributed by atoms with van der Waals surface area (Å²) in [6.45, 7) is 8.19. The molecule has 1 fully saturated rings. The molecule has 1 saturated heterocycles. The number of rotatable bonds is 4. The summed E-state index contributed by atoms with van der Waals surface area (Å²) in [5.41, 5.74) is 1.33. The topological polar surface area (TPSA) is 28.2 Å². The monoisotopic (exact) mass is 247 g/mol. The van der Waals surface area contributed by atoms with E-state index in [0.717, 1.165) is 0 Å². The molecule has 0 radical (unpaired) electrons. The second kappa shape index (κ2) is 6.86. The van der Waals surface area contributed by atoms with Gasteiger partial charge in [0, 0.05) is 24.5 Å². The average molecular weight is 247 g/mol. The molecule has 1 aromatic heterocycles. The van der Waals surface area contributed by atoms with Crippen molar-refractivity contribution in [1.29, 1.82) is 0 Å². The van der Waals surface area contributed by atoms with Crippen LogP contribution in [0.4, 0.5) is 0 Å². The van der Waals surface area contributed by atoms with Crippen molar-refractivity contribution in [1.82, 2.24) is 15.2 Å². The Balaban J connectivity index is 1.86. The van der Waals surface area contributed by atoms with Gasteiger partial charge in [-0.3, -0.25) is 4.98 Å². The van der Waals surface area contributed by atoms with E-state index in [1.807, 2.05) is 12.4 Å². The highest BCUT2D eigenvalue weighted by Gasteiger charge is 2.17. The molecular weight excluding hydrogens is 222 g/mol. The van der Waals surface area contributed by atoms with Crippen LogP contribution < -0.4 is 5.32 Å². The summed E-state index contributed by atoms with van der Waals surface area (Å²) < 4.78 is 0. The highest BCUT2D eigenvalue weighted by molar-refractivity contribution is 5.14. The number of nitrogens with one attached hydrogen (secondary N) is 1. The fraction of sp³-hybridized carbons (Fsp3) is 0.667. The normalized spacial score (nSPS) is 23.6. The number of pyridine rings is 1. The Labute approximate surface area is 111 Å². The van der Waals surface area contributed by atoms with E-state index >= 15 is 0 Å². The van der Waals surface area contributed by atoms with Crippen LogP contribution in [0.15, 0.2) is 24.5 Å². The number of likely N-dealkylation sites (tertiary alicyclic amines) is 1. The Hall–Kier alpha value is -0.930. The first-order valence-electron chi connectivity index (χ1n) is 7.18. The molecule has 0 saturated carbocycles. The first-order valence-corrected chi connectivity index (χ1v) is 7.18. The fourth-order valence-electron chi connectivity index (χ4n) is 2.74. The summed E-state index contributed by atoms with van der Waals surface area (Å²) in [4.78, 5) is 6.63. The molecule has 2 atom stereocenters. The number of aromatic nitrogens is 1. The molecule has 0 aromatic carbocycles. The standard InChI is InChI=1S/C15H25N3/c1-3-18-11-4-5-15(8-12-18)17-13(2)14-6-9-16-10-7-14/h6-7,9-10,13,15,17H,3-5,8,11-12H2,1-2H3. The van der Waals surface area contributed by atoms with Gasteiger partial charge in [0.1, 0.15) is 0 Å². The molecule has 2 rings (SSSR count). The van der Waals surface area contributed by atoms with Gasteiger partial charge < -0.3 is 10.2 Å². The Morgan fingerprint density at radius 3 is 2.83 bits per heavy atom. The van der Waals surface area contributed by atoms with Gasteiger partial charge in [-0.15, -0.1) is 0 Å². The molecule has 100 valence electrons. The Morgan fingerprint density at radius 1 is 1.33 bits per heavy atom. The maximum absolute atomic E-state index is 4.08. The smallest absolute Gasteiger partial charge is 0.0295 e. The third-order valence-electron chi connectivity index (χ3n) is 3.96. The molecule has 1 N–H and O–H groups in total. The molecule has 1 aromatic rings. The van der Waals surface area contributed by atoms with Crippen LogP contribution in [-0.4, -0.2) is 35.6 Å². The Kier molecular flexibility index (Phi) is 5.14. The number of nitrogens with zero attached hydrogens (tertiary/aromatic N) is 2. The lowest BCUT2D eigenvalue weighted by Crippen LogP contribution is -2.32. The van der Waals surface area contributed by atoms with Crippen LogP contribution in [0.1, 0.15) is 44.7 Å². The molecule has 2 unspecified atom stereocenters. The minimum absolute atomic E-state index is 0.422. The summed E-state index contributed by atoms with van der Waals surface area (Å²) in [7, 11) is 0. The van der Waals surface area contributed by atoms with Crippen LogP contribution in [0.3, 0.4) is 0 Å². The van der Waals surface area contributed by atoms with Gasteiger partial charge in [-0.25, -0.2) is 0 Å². The Bertz CT molecular complexity index is 339. The van der Waals surface area contributed by atoms with Crippen LogP contribution in [0.2, 0.25) is 0 Å². The van der Waals surface area contributed by atoms with Crippen LogP contribution in [0.5, 0.6) is 0 Å². The van der Waals surface area contributed by atoms with E-state index < -0.39 is 0 Å². The van der Waals surface area contributed by atoms with E-state index in [0.29, 0.717) is 12.1 Å². The molecule has 0 amide bonds. The maximum atomic E-state index is 4.08. The second-order valence-corrected chi connectivity index (χ2v) is 5.23. The molecule has 1 aliphatic rings. The zero-order valence-corrected chi connectivity index (χ0v) is 11.6. The third kappa shape index (κ3) is 3.79.